The van der Waals surface area contributed by atoms with Gasteiger partial charge in [0.15, 0.2) is 0 Å². The molecule has 0 aliphatic heterocycles. The standard InChI is InChI=1S/C23H17BrClN3O4/c24-18-5-1-3-16(11-18)22(30)26-14-21(29)28-27-13-15-7-9-20(10-8-15)32-23(31)17-4-2-6-19(25)12-17/h1-13H,14H2,(H,26,30)(H,28,29). The fourth-order valence-electron chi connectivity index (χ4n) is 2.51. The van der Waals surface area contributed by atoms with Gasteiger partial charge in [0.25, 0.3) is 11.8 Å². The average Bonchev–Trinajstić information content (AvgIpc) is 2.78. The Hall–Kier alpha value is -3.49. The molecule has 0 saturated heterocycles. The maximum atomic E-state index is 12.1. The molecule has 0 fully saturated rings. The highest BCUT2D eigenvalue weighted by Gasteiger charge is 2.09. The minimum Gasteiger partial charge on any atom is -0.423 e. The molecule has 0 atom stereocenters. The Morgan fingerprint density at radius 3 is 2.41 bits per heavy atom. The molecule has 3 aromatic rings. The van der Waals surface area contributed by atoms with Gasteiger partial charge in [0.1, 0.15) is 5.75 Å². The molecule has 162 valence electrons. The molecule has 3 aromatic carbocycles. The van der Waals surface area contributed by atoms with Crippen LogP contribution in [0.5, 0.6) is 5.75 Å². The van der Waals surface area contributed by atoms with Crippen LogP contribution in [0.2, 0.25) is 5.02 Å². The van der Waals surface area contributed by atoms with E-state index in [0.29, 0.717) is 27.5 Å². The van der Waals surface area contributed by atoms with Crippen LogP contribution >= 0.6 is 27.5 Å². The van der Waals surface area contributed by atoms with E-state index in [1.165, 1.54) is 12.3 Å². The van der Waals surface area contributed by atoms with Gasteiger partial charge in [0.05, 0.1) is 18.3 Å². The lowest BCUT2D eigenvalue weighted by Gasteiger charge is -2.05. The summed E-state index contributed by atoms with van der Waals surface area (Å²) in [6.07, 6.45) is 1.43. The van der Waals surface area contributed by atoms with Crippen molar-refractivity contribution >= 4 is 51.5 Å². The largest absolute Gasteiger partial charge is 0.423 e. The molecule has 7 nitrogen and oxygen atoms in total. The normalized spacial score (nSPS) is 10.6. The molecule has 0 radical (unpaired) electrons. The van der Waals surface area contributed by atoms with E-state index in [9.17, 15) is 14.4 Å². The van der Waals surface area contributed by atoms with Gasteiger partial charge in [-0.1, -0.05) is 39.7 Å². The van der Waals surface area contributed by atoms with Gasteiger partial charge < -0.3 is 10.1 Å². The molecule has 0 aliphatic carbocycles. The number of hydrogen-bond donors (Lipinski definition) is 2. The molecule has 3 rings (SSSR count). The monoisotopic (exact) mass is 513 g/mol. The number of hydrazone groups is 1. The highest BCUT2D eigenvalue weighted by Crippen LogP contribution is 2.16. The summed E-state index contributed by atoms with van der Waals surface area (Å²) in [6, 6.07) is 19.8. The van der Waals surface area contributed by atoms with Gasteiger partial charge >= 0.3 is 5.97 Å². The van der Waals surface area contributed by atoms with Crippen LogP contribution in [0.15, 0.2) is 82.4 Å². The van der Waals surface area contributed by atoms with Crippen molar-refractivity contribution in [3.05, 3.63) is 99.0 Å². The zero-order valence-corrected chi connectivity index (χ0v) is 18.9. The molecule has 0 aliphatic rings. The Bertz CT molecular complexity index is 1170. The molecule has 2 N–H and O–H groups in total. The van der Waals surface area contributed by atoms with Crippen molar-refractivity contribution in [2.24, 2.45) is 5.10 Å². The summed E-state index contributed by atoms with van der Waals surface area (Å²) >= 11 is 9.17. The third kappa shape index (κ3) is 7.04. The lowest BCUT2D eigenvalue weighted by molar-refractivity contribution is -0.120. The number of nitrogens with one attached hydrogen (secondary N) is 2. The van der Waals surface area contributed by atoms with Crippen molar-refractivity contribution in [1.29, 1.82) is 0 Å². The number of amides is 2. The van der Waals surface area contributed by atoms with Gasteiger partial charge in [-0.15, -0.1) is 0 Å². The Morgan fingerprint density at radius 2 is 1.69 bits per heavy atom. The first kappa shape index (κ1) is 23.2. The van der Waals surface area contributed by atoms with E-state index in [0.717, 1.165) is 4.47 Å². The van der Waals surface area contributed by atoms with Crippen LogP contribution in [-0.2, 0) is 4.79 Å². The summed E-state index contributed by atoms with van der Waals surface area (Å²) in [6.45, 7) is -0.221. The van der Waals surface area contributed by atoms with Crippen molar-refractivity contribution in [3.8, 4) is 5.75 Å². The average molecular weight is 515 g/mol. The van der Waals surface area contributed by atoms with Gasteiger partial charge in [-0.3, -0.25) is 9.59 Å². The van der Waals surface area contributed by atoms with E-state index in [2.05, 4.69) is 31.8 Å². The molecule has 0 bridgehead atoms. The molecular formula is C23H17BrClN3O4. The Labute approximate surface area is 197 Å². The van der Waals surface area contributed by atoms with Gasteiger partial charge in [-0.2, -0.15) is 5.10 Å². The SMILES string of the molecule is O=C(CNC(=O)c1cccc(Br)c1)NN=Cc1ccc(OC(=O)c2cccc(Cl)c2)cc1. The zero-order valence-electron chi connectivity index (χ0n) is 16.5. The zero-order chi connectivity index (χ0) is 22.9. The first-order valence-corrected chi connectivity index (χ1v) is 10.5. The second kappa shape index (κ2) is 11.2. The van der Waals surface area contributed by atoms with Gasteiger partial charge in [0.2, 0.25) is 0 Å². The van der Waals surface area contributed by atoms with E-state index in [-0.39, 0.29) is 12.5 Å². The molecule has 0 spiro atoms. The van der Waals surface area contributed by atoms with Crippen LogP contribution in [0.1, 0.15) is 26.3 Å². The minimum atomic E-state index is -0.522. The fourth-order valence-corrected chi connectivity index (χ4v) is 3.10. The minimum absolute atomic E-state index is 0.221. The highest BCUT2D eigenvalue weighted by atomic mass is 79.9. The number of ether oxygens (including phenoxy) is 1. The summed E-state index contributed by atoms with van der Waals surface area (Å²) in [4.78, 5) is 36.0. The molecule has 2 amide bonds. The van der Waals surface area contributed by atoms with E-state index < -0.39 is 11.9 Å². The molecule has 0 heterocycles. The Balaban J connectivity index is 1.45. The van der Waals surface area contributed by atoms with Crippen molar-refractivity contribution in [2.75, 3.05) is 6.54 Å². The Kier molecular flexibility index (Phi) is 8.13. The van der Waals surface area contributed by atoms with Crippen LogP contribution in [0.4, 0.5) is 0 Å². The molecular weight excluding hydrogens is 498 g/mol. The number of carbonyl (C=O) groups is 3. The maximum absolute atomic E-state index is 12.1. The van der Waals surface area contributed by atoms with Crippen LogP contribution in [-0.4, -0.2) is 30.5 Å². The molecule has 0 unspecified atom stereocenters. The molecule has 32 heavy (non-hydrogen) atoms. The van der Waals surface area contributed by atoms with Gasteiger partial charge in [-0.25, -0.2) is 10.2 Å². The molecule has 9 heteroatoms. The summed E-state index contributed by atoms with van der Waals surface area (Å²) in [7, 11) is 0. The predicted octanol–water partition coefficient (Wildman–Crippen LogP) is 4.20. The van der Waals surface area contributed by atoms with E-state index in [1.807, 2.05) is 0 Å². The topological polar surface area (TPSA) is 96.9 Å². The summed E-state index contributed by atoms with van der Waals surface area (Å²) < 4.78 is 6.06. The van der Waals surface area contributed by atoms with Crippen molar-refractivity contribution in [3.63, 3.8) is 0 Å². The summed E-state index contributed by atoms with van der Waals surface area (Å²) in [5.74, 6) is -1.01. The van der Waals surface area contributed by atoms with Crippen molar-refractivity contribution in [1.82, 2.24) is 10.7 Å². The first-order chi connectivity index (χ1) is 15.4. The number of esters is 1. The number of hydrogen-bond acceptors (Lipinski definition) is 5. The number of rotatable bonds is 7. The number of halogens is 2. The van der Waals surface area contributed by atoms with Gasteiger partial charge in [-0.05, 0) is 66.2 Å². The number of carbonyl (C=O) groups excluding carboxylic acids is 3. The van der Waals surface area contributed by atoms with Crippen LogP contribution < -0.4 is 15.5 Å². The molecule has 0 aromatic heterocycles. The predicted molar refractivity (Wildman–Crippen MR) is 125 cm³/mol. The van der Waals surface area contributed by atoms with Crippen molar-refractivity contribution in [2.45, 2.75) is 0 Å². The summed E-state index contributed by atoms with van der Waals surface area (Å²) in [5.41, 5.74) is 3.79. The van der Waals surface area contributed by atoms with Crippen molar-refractivity contribution < 1.29 is 19.1 Å². The quantitative estimate of drug-likeness (QED) is 0.214. The molecule has 0 saturated carbocycles. The fraction of sp³-hybridized carbons (Fsp3) is 0.0435. The van der Waals surface area contributed by atoms with Gasteiger partial charge in [0, 0.05) is 15.1 Å². The third-order valence-corrected chi connectivity index (χ3v) is 4.78. The second-order valence-corrected chi connectivity index (χ2v) is 7.81. The van der Waals surface area contributed by atoms with E-state index in [4.69, 9.17) is 16.3 Å². The number of nitrogens with zero attached hydrogens (tertiary/aromatic N) is 1. The first-order valence-electron chi connectivity index (χ1n) is 9.34. The van der Waals surface area contributed by atoms with E-state index in [1.54, 1.807) is 66.7 Å². The second-order valence-electron chi connectivity index (χ2n) is 6.46. The van der Waals surface area contributed by atoms with Crippen LogP contribution in [0.25, 0.3) is 0 Å². The highest BCUT2D eigenvalue weighted by molar-refractivity contribution is 9.10. The lowest BCUT2D eigenvalue weighted by Crippen LogP contribution is -2.34. The number of benzene rings is 3. The smallest absolute Gasteiger partial charge is 0.343 e. The Morgan fingerprint density at radius 1 is 0.969 bits per heavy atom. The lowest BCUT2D eigenvalue weighted by atomic mass is 10.2. The summed E-state index contributed by atoms with van der Waals surface area (Å²) in [5, 5.41) is 6.81. The van der Waals surface area contributed by atoms with Crippen LogP contribution in [0.3, 0.4) is 0 Å². The van der Waals surface area contributed by atoms with E-state index >= 15 is 0 Å². The maximum Gasteiger partial charge on any atom is 0.343 e. The third-order valence-electron chi connectivity index (χ3n) is 4.05. The van der Waals surface area contributed by atoms with Crippen LogP contribution in [0, 0.1) is 0 Å².